The molecule has 3 N–H and O–H groups in total. The first kappa shape index (κ1) is 16.5. The lowest BCUT2D eigenvalue weighted by Crippen LogP contribution is -2.22. The van der Waals surface area contributed by atoms with Crippen molar-refractivity contribution in [2.45, 2.75) is 24.4 Å². The number of hydrogen-bond donors (Lipinski definition) is 2. The van der Waals surface area contributed by atoms with Gasteiger partial charge in [0.05, 0.1) is 4.90 Å². The summed E-state index contributed by atoms with van der Waals surface area (Å²) in [5.41, 5.74) is 2.01. The molecule has 2 aromatic rings. The van der Waals surface area contributed by atoms with Gasteiger partial charge in [-0.1, -0.05) is 24.3 Å². The number of aromatic hydroxyl groups is 1. The van der Waals surface area contributed by atoms with Crippen molar-refractivity contribution in [2.75, 3.05) is 7.05 Å². The van der Waals surface area contributed by atoms with Gasteiger partial charge in [0.15, 0.2) is 0 Å². The van der Waals surface area contributed by atoms with Crippen molar-refractivity contribution in [1.82, 2.24) is 4.90 Å². The fourth-order valence-electron chi connectivity index (χ4n) is 2.27. The number of rotatable bonds is 5. The van der Waals surface area contributed by atoms with Gasteiger partial charge in [0.1, 0.15) is 5.75 Å². The molecule has 5 nitrogen and oxygen atoms in total. The maximum Gasteiger partial charge on any atom is 0.238 e. The average molecular weight is 320 g/mol. The fourth-order valence-corrected chi connectivity index (χ4v) is 2.79. The van der Waals surface area contributed by atoms with Gasteiger partial charge in [-0.2, -0.15) is 0 Å². The van der Waals surface area contributed by atoms with Crippen molar-refractivity contribution in [3.05, 3.63) is 59.7 Å². The SMILES string of the molecule is C[C@H](c1ccc(S(N)(=O)=O)cc1)N(C)Cc1cccc(O)c1. The van der Waals surface area contributed by atoms with Crippen molar-refractivity contribution < 1.29 is 13.5 Å². The van der Waals surface area contributed by atoms with Crippen LogP contribution in [-0.4, -0.2) is 25.5 Å². The lowest BCUT2D eigenvalue weighted by Gasteiger charge is -2.25. The molecule has 22 heavy (non-hydrogen) atoms. The quantitative estimate of drug-likeness (QED) is 0.885. The van der Waals surface area contributed by atoms with Gasteiger partial charge in [0.25, 0.3) is 0 Å². The average Bonchev–Trinajstić information content (AvgIpc) is 2.45. The van der Waals surface area contributed by atoms with Crippen LogP contribution < -0.4 is 5.14 Å². The minimum Gasteiger partial charge on any atom is -0.508 e. The first-order valence-corrected chi connectivity index (χ1v) is 8.43. The molecule has 0 bridgehead atoms. The van der Waals surface area contributed by atoms with Crippen LogP contribution in [0.3, 0.4) is 0 Å². The molecule has 1 atom stereocenters. The standard InChI is InChI=1S/C16H20N2O3S/c1-12(14-6-8-16(9-7-14)22(17,20)21)18(2)11-13-4-3-5-15(19)10-13/h3-10,12,19H,11H2,1-2H3,(H2,17,20,21)/t12-/m1/s1. The Kier molecular flexibility index (Phi) is 4.85. The highest BCUT2D eigenvalue weighted by atomic mass is 32.2. The summed E-state index contributed by atoms with van der Waals surface area (Å²) in [6.07, 6.45) is 0. The van der Waals surface area contributed by atoms with Crippen molar-refractivity contribution in [1.29, 1.82) is 0 Å². The Morgan fingerprint density at radius 2 is 1.82 bits per heavy atom. The zero-order valence-electron chi connectivity index (χ0n) is 12.6. The van der Waals surface area contributed by atoms with E-state index in [0.717, 1.165) is 11.1 Å². The number of nitrogens with two attached hydrogens (primary N) is 1. The topological polar surface area (TPSA) is 83.6 Å². The van der Waals surface area contributed by atoms with Crippen LogP contribution in [0.1, 0.15) is 24.1 Å². The number of nitrogens with zero attached hydrogens (tertiary/aromatic N) is 1. The van der Waals surface area contributed by atoms with E-state index in [0.29, 0.717) is 6.54 Å². The van der Waals surface area contributed by atoms with Crippen molar-refractivity contribution >= 4 is 10.0 Å². The molecule has 2 rings (SSSR count). The Balaban J connectivity index is 2.12. The highest BCUT2D eigenvalue weighted by molar-refractivity contribution is 7.89. The van der Waals surface area contributed by atoms with Gasteiger partial charge in [0.2, 0.25) is 10.0 Å². The van der Waals surface area contributed by atoms with Crippen LogP contribution in [0, 0.1) is 0 Å². The molecule has 0 saturated heterocycles. The number of phenols is 1. The van der Waals surface area contributed by atoms with Gasteiger partial charge in [-0.05, 0) is 49.4 Å². The van der Waals surface area contributed by atoms with Crippen LogP contribution in [0.25, 0.3) is 0 Å². The van der Waals surface area contributed by atoms with Crippen LogP contribution in [0.4, 0.5) is 0 Å². The van der Waals surface area contributed by atoms with E-state index in [4.69, 9.17) is 5.14 Å². The fraction of sp³-hybridized carbons (Fsp3) is 0.250. The monoisotopic (exact) mass is 320 g/mol. The van der Waals surface area contributed by atoms with Gasteiger partial charge >= 0.3 is 0 Å². The molecular weight excluding hydrogens is 300 g/mol. The summed E-state index contributed by atoms with van der Waals surface area (Å²) in [6.45, 7) is 2.71. The summed E-state index contributed by atoms with van der Waals surface area (Å²) in [5, 5.41) is 14.6. The Morgan fingerprint density at radius 3 is 2.36 bits per heavy atom. The highest BCUT2D eigenvalue weighted by Gasteiger charge is 2.14. The van der Waals surface area contributed by atoms with E-state index in [1.165, 1.54) is 12.1 Å². The van der Waals surface area contributed by atoms with E-state index in [1.807, 2.05) is 26.1 Å². The van der Waals surface area contributed by atoms with E-state index in [9.17, 15) is 13.5 Å². The van der Waals surface area contributed by atoms with Gasteiger partial charge in [-0.15, -0.1) is 0 Å². The third kappa shape index (κ3) is 4.07. The maximum absolute atomic E-state index is 11.3. The number of primary sulfonamides is 1. The first-order chi connectivity index (χ1) is 10.3. The summed E-state index contributed by atoms with van der Waals surface area (Å²) in [7, 11) is -1.69. The normalized spacial score (nSPS) is 13.3. The van der Waals surface area contributed by atoms with Crippen molar-refractivity contribution in [2.24, 2.45) is 5.14 Å². The van der Waals surface area contributed by atoms with Crippen molar-refractivity contribution in [3.8, 4) is 5.75 Å². The molecule has 0 aromatic heterocycles. The number of phenolic OH excluding ortho intramolecular Hbond substituents is 1. The second-order valence-corrected chi connectivity index (χ2v) is 6.94. The van der Waals surface area contributed by atoms with Crippen LogP contribution in [0.5, 0.6) is 5.75 Å². The molecule has 0 heterocycles. The van der Waals surface area contributed by atoms with Gasteiger partial charge in [0, 0.05) is 12.6 Å². The number of benzene rings is 2. The summed E-state index contributed by atoms with van der Waals surface area (Å²) < 4.78 is 22.5. The van der Waals surface area contributed by atoms with E-state index >= 15 is 0 Å². The summed E-state index contributed by atoms with van der Waals surface area (Å²) in [6, 6.07) is 13.8. The van der Waals surface area contributed by atoms with E-state index < -0.39 is 10.0 Å². The van der Waals surface area contributed by atoms with Gasteiger partial charge in [-0.25, -0.2) is 13.6 Å². The first-order valence-electron chi connectivity index (χ1n) is 6.88. The summed E-state index contributed by atoms with van der Waals surface area (Å²) in [4.78, 5) is 2.22. The van der Waals surface area contributed by atoms with E-state index in [1.54, 1.807) is 24.3 Å². The smallest absolute Gasteiger partial charge is 0.238 e. The molecule has 0 amide bonds. The molecule has 0 aliphatic heterocycles. The Labute approximate surface area is 131 Å². The summed E-state index contributed by atoms with van der Waals surface area (Å²) >= 11 is 0. The zero-order valence-corrected chi connectivity index (χ0v) is 13.4. The molecule has 0 fully saturated rings. The molecule has 118 valence electrons. The molecule has 6 heteroatoms. The maximum atomic E-state index is 11.3. The minimum atomic E-state index is -3.66. The molecule has 0 radical (unpaired) electrons. The molecule has 0 aliphatic rings. The number of hydrogen-bond acceptors (Lipinski definition) is 4. The predicted molar refractivity (Wildman–Crippen MR) is 85.8 cm³/mol. The third-order valence-electron chi connectivity index (χ3n) is 3.69. The molecule has 0 aliphatic carbocycles. The lowest BCUT2D eigenvalue weighted by molar-refractivity contribution is 0.252. The minimum absolute atomic E-state index is 0.0943. The second-order valence-electron chi connectivity index (χ2n) is 5.38. The predicted octanol–water partition coefficient (Wildman–Crippen LogP) is 2.23. The third-order valence-corrected chi connectivity index (χ3v) is 4.62. The van der Waals surface area contributed by atoms with Gasteiger partial charge < -0.3 is 5.11 Å². The van der Waals surface area contributed by atoms with Gasteiger partial charge in [-0.3, -0.25) is 4.90 Å². The molecular formula is C16H20N2O3S. The van der Waals surface area contributed by atoms with E-state index in [2.05, 4.69) is 4.90 Å². The van der Waals surface area contributed by atoms with Crippen LogP contribution in [-0.2, 0) is 16.6 Å². The lowest BCUT2D eigenvalue weighted by atomic mass is 10.1. The largest absolute Gasteiger partial charge is 0.508 e. The number of sulfonamides is 1. The zero-order chi connectivity index (χ0) is 16.3. The molecule has 0 unspecified atom stereocenters. The van der Waals surface area contributed by atoms with Crippen LogP contribution in [0.2, 0.25) is 0 Å². The van der Waals surface area contributed by atoms with E-state index in [-0.39, 0.29) is 16.7 Å². The Hall–Kier alpha value is -1.89. The second kappa shape index (κ2) is 6.48. The van der Waals surface area contributed by atoms with Crippen LogP contribution in [0.15, 0.2) is 53.4 Å². The Bertz CT molecular complexity index is 742. The molecule has 0 saturated carbocycles. The van der Waals surface area contributed by atoms with Crippen LogP contribution >= 0.6 is 0 Å². The summed E-state index contributed by atoms with van der Waals surface area (Å²) in [5.74, 6) is 0.246. The molecule has 0 spiro atoms. The Morgan fingerprint density at radius 1 is 1.18 bits per heavy atom. The van der Waals surface area contributed by atoms with Crippen molar-refractivity contribution in [3.63, 3.8) is 0 Å². The highest BCUT2D eigenvalue weighted by Crippen LogP contribution is 2.23. The molecule has 2 aromatic carbocycles.